The first-order valence-corrected chi connectivity index (χ1v) is 7.88. The number of nitrogens with zero attached hydrogens (tertiary/aromatic N) is 1. The van der Waals surface area contributed by atoms with Crippen LogP contribution in [0.15, 0.2) is 35.5 Å². The number of morpholine rings is 1. The first-order chi connectivity index (χ1) is 11.1. The summed E-state index contributed by atoms with van der Waals surface area (Å²) in [6.07, 6.45) is 0. The maximum absolute atomic E-state index is 14.2. The molecule has 0 bridgehead atoms. The molecule has 2 aliphatic rings. The van der Waals surface area contributed by atoms with Crippen LogP contribution >= 0.6 is 12.2 Å². The zero-order valence-electron chi connectivity index (χ0n) is 12.8. The van der Waals surface area contributed by atoms with E-state index in [4.69, 9.17) is 17.0 Å². The minimum absolute atomic E-state index is 0.124. The van der Waals surface area contributed by atoms with Crippen molar-refractivity contribution in [3.63, 3.8) is 0 Å². The molecule has 0 aromatic heterocycles. The van der Waals surface area contributed by atoms with E-state index in [0.29, 0.717) is 48.2 Å². The van der Waals surface area contributed by atoms with Crippen molar-refractivity contribution in [1.29, 1.82) is 0 Å². The fourth-order valence-electron chi connectivity index (χ4n) is 2.86. The molecule has 1 saturated heterocycles. The molecular formula is C16H18FN3O2S. The highest BCUT2D eigenvalue weighted by molar-refractivity contribution is 7.80. The van der Waals surface area contributed by atoms with Gasteiger partial charge in [-0.3, -0.25) is 4.79 Å². The second kappa shape index (κ2) is 6.64. The van der Waals surface area contributed by atoms with Crippen molar-refractivity contribution in [2.24, 2.45) is 0 Å². The van der Waals surface area contributed by atoms with Gasteiger partial charge in [0.15, 0.2) is 5.11 Å². The number of nitrogens with one attached hydrogen (secondary N) is 2. The van der Waals surface area contributed by atoms with Gasteiger partial charge in [-0.1, -0.05) is 18.2 Å². The molecule has 122 valence electrons. The van der Waals surface area contributed by atoms with E-state index < -0.39 is 6.04 Å². The molecule has 3 rings (SSSR count). The van der Waals surface area contributed by atoms with E-state index in [1.54, 1.807) is 30.0 Å². The van der Waals surface area contributed by atoms with Crippen LogP contribution in [0.3, 0.4) is 0 Å². The summed E-state index contributed by atoms with van der Waals surface area (Å²) in [6, 6.07) is 5.82. The first kappa shape index (κ1) is 15.9. The van der Waals surface area contributed by atoms with Crippen molar-refractivity contribution in [3.8, 4) is 0 Å². The Balaban J connectivity index is 1.99. The Morgan fingerprint density at radius 3 is 2.74 bits per heavy atom. The minimum Gasteiger partial charge on any atom is -0.378 e. The molecule has 7 heteroatoms. The summed E-state index contributed by atoms with van der Waals surface area (Å²) in [4.78, 5) is 14.7. The molecule has 1 aromatic rings. The summed E-state index contributed by atoms with van der Waals surface area (Å²) in [5, 5.41) is 6.37. The van der Waals surface area contributed by atoms with Gasteiger partial charge in [0, 0.05) is 24.4 Å². The molecule has 1 unspecified atom stereocenters. The standard InChI is InChI=1S/C16H18FN3O2S/c1-10-13(15(21)20-6-8-22-9-7-20)14(19-16(23)18-10)11-4-2-3-5-12(11)17/h2-5,14H,6-9H2,1H3,(H2,18,19,23). The quantitative estimate of drug-likeness (QED) is 0.802. The Kier molecular flexibility index (Phi) is 4.58. The van der Waals surface area contributed by atoms with Crippen LogP contribution in [0.2, 0.25) is 0 Å². The maximum atomic E-state index is 14.2. The lowest BCUT2D eigenvalue weighted by Gasteiger charge is -2.34. The number of thiocarbonyl (C=S) groups is 1. The number of carbonyl (C=O) groups excluding carboxylic acids is 1. The highest BCUT2D eigenvalue weighted by Crippen LogP contribution is 2.29. The number of ether oxygens (including phenoxy) is 1. The Morgan fingerprint density at radius 2 is 2.04 bits per heavy atom. The van der Waals surface area contributed by atoms with Crippen LogP contribution in [0.25, 0.3) is 0 Å². The summed E-state index contributed by atoms with van der Waals surface area (Å²) in [6.45, 7) is 3.88. The Bertz CT molecular complexity index is 671. The molecule has 2 heterocycles. The molecule has 23 heavy (non-hydrogen) atoms. The third-order valence-electron chi connectivity index (χ3n) is 4.01. The summed E-state index contributed by atoms with van der Waals surface area (Å²) in [5.74, 6) is -0.490. The third kappa shape index (κ3) is 3.20. The maximum Gasteiger partial charge on any atom is 0.254 e. The smallest absolute Gasteiger partial charge is 0.254 e. The molecule has 0 radical (unpaired) electrons. The van der Waals surface area contributed by atoms with Crippen LogP contribution in [0, 0.1) is 5.82 Å². The van der Waals surface area contributed by atoms with Crippen LogP contribution in [0.5, 0.6) is 0 Å². The Morgan fingerprint density at radius 1 is 1.35 bits per heavy atom. The van der Waals surface area contributed by atoms with E-state index in [1.807, 2.05) is 0 Å². The number of allylic oxidation sites excluding steroid dienone is 1. The number of benzene rings is 1. The zero-order valence-corrected chi connectivity index (χ0v) is 13.6. The van der Waals surface area contributed by atoms with Gasteiger partial charge in [-0.05, 0) is 25.2 Å². The molecule has 0 saturated carbocycles. The SMILES string of the molecule is CC1=C(C(=O)N2CCOCC2)C(c2ccccc2F)NC(=S)N1. The third-order valence-corrected chi connectivity index (χ3v) is 4.23. The lowest BCUT2D eigenvalue weighted by atomic mass is 9.94. The number of halogens is 1. The van der Waals surface area contributed by atoms with Gasteiger partial charge in [0.25, 0.3) is 5.91 Å². The molecular weight excluding hydrogens is 317 g/mol. The molecule has 1 fully saturated rings. The van der Waals surface area contributed by atoms with Crippen LogP contribution in [-0.4, -0.2) is 42.2 Å². The monoisotopic (exact) mass is 335 g/mol. The fraction of sp³-hybridized carbons (Fsp3) is 0.375. The van der Waals surface area contributed by atoms with Gasteiger partial charge in [-0.15, -0.1) is 0 Å². The van der Waals surface area contributed by atoms with Crippen molar-refractivity contribution in [3.05, 3.63) is 46.9 Å². The zero-order chi connectivity index (χ0) is 16.4. The number of hydrogen-bond donors (Lipinski definition) is 2. The second-order valence-corrected chi connectivity index (χ2v) is 5.90. The van der Waals surface area contributed by atoms with Crippen molar-refractivity contribution < 1.29 is 13.9 Å². The second-order valence-electron chi connectivity index (χ2n) is 5.50. The van der Waals surface area contributed by atoms with Crippen molar-refractivity contribution in [1.82, 2.24) is 15.5 Å². The number of rotatable bonds is 2. The van der Waals surface area contributed by atoms with Crippen LogP contribution in [0.4, 0.5) is 4.39 Å². The van der Waals surface area contributed by atoms with Crippen molar-refractivity contribution in [2.75, 3.05) is 26.3 Å². The highest BCUT2D eigenvalue weighted by Gasteiger charge is 2.34. The average Bonchev–Trinajstić information content (AvgIpc) is 2.55. The van der Waals surface area contributed by atoms with E-state index in [1.165, 1.54) is 6.07 Å². The van der Waals surface area contributed by atoms with Gasteiger partial charge < -0.3 is 20.3 Å². The Labute approximate surface area is 139 Å². The van der Waals surface area contributed by atoms with E-state index in [2.05, 4.69) is 10.6 Å². The summed E-state index contributed by atoms with van der Waals surface area (Å²) >= 11 is 5.18. The molecule has 2 N–H and O–H groups in total. The molecule has 5 nitrogen and oxygen atoms in total. The number of carbonyl (C=O) groups is 1. The van der Waals surface area contributed by atoms with Gasteiger partial charge in [0.05, 0.1) is 24.8 Å². The van der Waals surface area contributed by atoms with Gasteiger partial charge in [0.1, 0.15) is 5.82 Å². The van der Waals surface area contributed by atoms with E-state index in [-0.39, 0.29) is 11.7 Å². The van der Waals surface area contributed by atoms with E-state index >= 15 is 0 Å². The van der Waals surface area contributed by atoms with Gasteiger partial charge in [-0.2, -0.15) is 0 Å². The normalized spacial score (nSPS) is 21.7. The van der Waals surface area contributed by atoms with Crippen LogP contribution in [-0.2, 0) is 9.53 Å². The first-order valence-electron chi connectivity index (χ1n) is 7.47. The lowest BCUT2D eigenvalue weighted by Crippen LogP contribution is -2.49. The molecule has 0 spiro atoms. The molecule has 2 aliphatic heterocycles. The van der Waals surface area contributed by atoms with Crippen LogP contribution < -0.4 is 10.6 Å². The summed E-state index contributed by atoms with van der Waals surface area (Å²) in [5.41, 5.74) is 1.55. The van der Waals surface area contributed by atoms with Gasteiger partial charge in [0.2, 0.25) is 0 Å². The fourth-order valence-corrected chi connectivity index (χ4v) is 3.13. The molecule has 1 atom stereocenters. The molecule has 1 aromatic carbocycles. The number of amides is 1. The Hall–Kier alpha value is -1.99. The van der Waals surface area contributed by atoms with E-state index in [0.717, 1.165) is 0 Å². The van der Waals surface area contributed by atoms with Gasteiger partial charge in [-0.25, -0.2) is 4.39 Å². The van der Waals surface area contributed by atoms with Crippen molar-refractivity contribution in [2.45, 2.75) is 13.0 Å². The number of hydrogen-bond acceptors (Lipinski definition) is 3. The summed E-state index contributed by atoms with van der Waals surface area (Å²) in [7, 11) is 0. The minimum atomic E-state index is -0.597. The van der Waals surface area contributed by atoms with Crippen LogP contribution in [0.1, 0.15) is 18.5 Å². The largest absolute Gasteiger partial charge is 0.378 e. The van der Waals surface area contributed by atoms with Gasteiger partial charge >= 0.3 is 0 Å². The topological polar surface area (TPSA) is 53.6 Å². The summed E-state index contributed by atoms with van der Waals surface area (Å²) < 4.78 is 19.5. The predicted octanol–water partition coefficient (Wildman–Crippen LogP) is 1.48. The highest BCUT2D eigenvalue weighted by atomic mass is 32.1. The van der Waals surface area contributed by atoms with Crippen molar-refractivity contribution >= 4 is 23.2 Å². The molecule has 1 amide bonds. The predicted molar refractivity (Wildman–Crippen MR) is 88.1 cm³/mol. The average molecular weight is 335 g/mol. The lowest BCUT2D eigenvalue weighted by molar-refractivity contribution is -0.131. The van der Waals surface area contributed by atoms with E-state index in [9.17, 15) is 9.18 Å². The molecule has 0 aliphatic carbocycles.